The minimum atomic E-state index is -0.511. The molecule has 0 radical (unpaired) electrons. The maximum Gasteiger partial charge on any atom is 0.340 e. The van der Waals surface area contributed by atoms with E-state index in [2.05, 4.69) is 15.6 Å². The van der Waals surface area contributed by atoms with E-state index in [1.54, 1.807) is 6.92 Å². The molecule has 7 heteroatoms. The van der Waals surface area contributed by atoms with Gasteiger partial charge in [0.25, 0.3) is 0 Å². The Bertz CT molecular complexity index is 462. The Labute approximate surface area is 111 Å². The van der Waals surface area contributed by atoms with Gasteiger partial charge < -0.3 is 21.1 Å². The number of anilines is 2. The van der Waals surface area contributed by atoms with Crippen molar-refractivity contribution in [3.63, 3.8) is 0 Å². The second-order valence-electron chi connectivity index (χ2n) is 3.65. The highest BCUT2D eigenvalue weighted by Crippen LogP contribution is 2.20. The fraction of sp³-hybridized carbons (Fsp3) is 0.417. The molecule has 1 heterocycles. The summed E-state index contributed by atoms with van der Waals surface area (Å²) in [5, 5.41) is 5.41. The van der Waals surface area contributed by atoms with E-state index < -0.39 is 5.97 Å². The first-order valence-corrected chi connectivity index (χ1v) is 6.02. The van der Waals surface area contributed by atoms with Crippen LogP contribution in [0.4, 0.5) is 11.5 Å². The summed E-state index contributed by atoms with van der Waals surface area (Å²) in [5.74, 6) is -0.398. The van der Waals surface area contributed by atoms with Crippen molar-refractivity contribution in [2.24, 2.45) is 0 Å². The third kappa shape index (κ3) is 4.13. The normalized spacial score (nSPS) is 9.79. The number of amides is 1. The van der Waals surface area contributed by atoms with Gasteiger partial charge in [0, 0.05) is 12.7 Å². The molecule has 1 amide bonds. The lowest BCUT2D eigenvalue weighted by molar-refractivity contribution is -0.119. The molecule has 0 aliphatic rings. The lowest BCUT2D eigenvalue weighted by Crippen LogP contribution is -2.30. The van der Waals surface area contributed by atoms with Gasteiger partial charge in [0.2, 0.25) is 5.91 Å². The number of hydrogen-bond acceptors (Lipinski definition) is 6. The molecule has 0 bridgehead atoms. The zero-order valence-corrected chi connectivity index (χ0v) is 11.0. The van der Waals surface area contributed by atoms with Crippen molar-refractivity contribution in [3.05, 3.63) is 17.8 Å². The van der Waals surface area contributed by atoms with Crippen LogP contribution in [0.15, 0.2) is 12.3 Å². The van der Waals surface area contributed by atoms with E-state index in [9.17, 15) is 9.59 Å². The second-order valence-corrected chi connectivity index (χ2v) is 3.65. The molecule has 4 N–H and O–H groups in total. The number of hydrogen-bond donors (Lipinski definition) is 3. The van der Waals surface area contributed by atoms with Gasteiger partial charge in [0.1, 0.15) is 5.82 Å². The average Bonchev–Trinajstić information content (AvgIpc) is 2.38. The number of nitrogens with one attached hydrogen (secondary N) is 2. The molecule has 0 aliphatic heterocycles. The van der Waals surface area contributed by atoms with Crippen molar-refractivity contribution in [3.8, 4) is 0 Å². The first kappa shape index (κ1) is 14.7. The largest absolute Gasteiger partial charge is 0.462 e. The van der Waals surface area contributed by atoms with Gasteiger partial charge in [0.05, 0.1) is 24.4 Å². The summed E-state index contributed by atoms with van der Waals surface area (Å²) in [6.07, 6.45) is 1.43. The molecule has 1 rings (SSSR count). The Morgan fingerprint density at radius 3 is 2.79 bits per heavy atom. The van der Waals surface area contributed by atoms with E-state index in [1.165, 1.54) is 12.3 Å². The van der Waals surface area contributed by atoms with Gasteiger partial charge in [-0.1, -0.05) is 0 Å². The van der Waals surface area contributed by atoms with Gasteiger partial charge in [-0.25, -0.2) is 9.78 Å². The number of carbonyl (C=O) groups is 2. The number of nitrogen functional groups attached to an aromatic ring is 1. The topological polar surface area (TPSA) is 106 Å². The first-order valence-electron chi connectivity index (χ1n) is 6.02. The molecule has 0 aromatic carbocycles. The van der Waals surface area contributed by atoms with Crippen LogP contribution in [0.3, 0.4) is 0 Å². The number of nitrogens with two attached hydrogens (primary N) is 1. The third-order valence-corrected chi connectivity index (χ3v) is 2.28. The molecule has 0 saturated heterocycles. The number of carbonyl (C=O) groups excluding carboxylic acids is 2. The van der Waals surface area contributed by atoms with Gasteiger partial charge in [-0.05, 0) is 19.9 Å². The molecule has 19 heavy (non-hydrogen) atoms. The fourth-order valence-corrected chi connectivity index (χ4v) is 1.42. The summed E-state index contributed by atoms with van der Waals surface area (Å²) >= 11 is 0. The molecule has 0 spiro atoms. The van der Waals surface area contributed by atoms with Crippen LogP contribution >= 0.6 is 0 Å². The van der Waals surface area contributed by atoms with Crippen molar-refractivity contribution in [1.29, 1.82) is 0 Å². The van der Waals surface area contributed by atoms with Crippen LogP contribution in [0.5, 0.6) is 0 Å². The number of ether oxygens (including phenoxy) is 1. The zero-order chi connectivity index (χ0) is 14.3. The molecule has 104 valence electrons. The third-order valence-electron chi connectivity index (χ3n) is 2.28. The highest BCUT2D eigenvalue weighted by molar-refractivity contribution is 5.97. The Morgan fingerprint density at radius 1 is 1.42 bits per heavy atom. The fourth-order valence-electron chi connectivity index (χ4n) is 1.42. The van der Waals surface area contributed by atoms with Gasteiger partial charge in [-0.3, -0.25) is 4.79 Å². The SMILES string of the molecule is CCNC(=O)CNc1nccc(C(=O)OCC)c1N. The molecule has 1 aromatic heterocycles. The predicted molar refractivity (Wildman–Crippen MR) is 71.8 cm³/mol. The van der Waals surface area contributed by atoms with E-state index in [0.29, 0.717) is 6.54 Å². The van der Waals surface area contributed by atoms with E-state index in [1.807, 2.05) is 6.92 Å². The molecule has 0 aliphatic carbocycles. The summed E-state index contributed by atoms with van der Waals surface area (Å²) in [4.78, 5) is 26.9. The Balaban J connectivity index is 2.77. The van der Waals surface area contributed by atoms with Crippen LogP contribution in [0.1, 0.15) is 24.2 Å². The average molecular weight is 266 g/mol. The maximum atomic E-state index is 11.6. The van der Waals surface area contributed by atoms with E-state index in [4.69, 9.17) is 10.5 Å². The molecule has 1 aromatic rings. The number of likely N-dealkylation sites (N-methyl/N-ethyl adjacent to an activating group) is 1. The number of esters is 1. The van der Waals surface area contributed by atoms with E-state index in [-0.39, 0.29) is 36.1 Å². The van der Waals surface area contributed by atoms with Gasteiger partial charge >= 0.3 is 5.97 Å². The highest BCUT2D eigenvalue weighted by atomic mass is 16.5. The Kier molecular flexibility index (Phi) is 5.59. The summed E-state index contributed by atoms with van der Waals surface area (Å²) in [7, 11) is 0. The maximum absolute atomic E-state index is 11.6. The smallest absolute Gasteiger partial charge is 0.340 e. The van der Waals surface area contributed by atoms with Crippen molar-refractivity contribution in [2.75, 3.05) is 30.7 Å². The minimum absolute atomic E-state index is 0.0390. The molecular weight excluding hydrogens is 248 g/mol. The second kappa shape index (κ2) is 7.20. The molecule has 0 atom stereocenters. The molecule has 0 fully saturated rings. The van der Waals surface area contributed by atoms with Crippen LogP contribution in [0.2, 0.25) is 0 Å². The van der Waals surface area contributed by atoms with Crippen LogP contribution in [0, 0.1) is 0 Å². The van der Waals surface area contributed by atoms with Crippen LogP contribution in [-0.4, -0.2) is 36.6 Å². The lowest BCUT2D eigenvalue weighted by atomic mass is 10.2. The first-order chi connectivity index (χ1) is 9.10. The number of rotatable bonds is 6. The summed E-state index contributed by atoms with van der Waals surface area (Å²) in [5.41, 5.74) is 6.22. The number of nitrogens with zero attached hydrogens (tertiary/aromatic N) is 1. The summed E-state index contributed by atoms with van der Waals surface area (Å²) in [6, 6.07) is 1.48. The molecule has 0 saturated carbocycles. The van der Waals surface area contributed by atoms with Crippen LogP contribution < -0.4 is 16.4 Å². The van der Waals surface area contributed by atoms with Gasteiger partial charge in [0.15, 0.2) is 0 Å². The number of pyridine rings is 1. The van der Waals surface area contributed by atoms with Crippen LogP contribution in [0.25, 0.3) is 0 Å². The Hall–Kier alpha value is -2.31. The zero-order valence-electron chi connectivity index (χ0n) is 11.0. The van der Waals surface area contributed by atoms with E-state index in [0.717, 1.165) is 0 Å². The van der Waals surface area contributed by atoms with Crippen molar-refractivity contribution in [1.82, 2.24) is 10.3 Å². The predicted octanol–water partition coefficient (Wildman–Crippen LogP) is 0.388. The quantitative estimate of drug-likeness (QED) is 0.643. The Morgan fingerprint density at radius 2 is 2.16 bits per heavy atom. The monoisotopic (exact) mass is 266 g/mol. The standard InChI is InChI=1S/C12H18N4O3/c1-3-14-9(17)7-16-11-10(13)8(5-6-15-11)12(18)19-4-2/h5-6H,3-4,7,13H2,1-2H3,(H,14,17)(H,15,16). The lowest BCUT2D eigenvalue weighted by Gasteiger charge is -2.11. The van der Waals surface area contributed by atoms with Gasteiger partial charge in [-0.2, -0.15) is 0 Å². The van der Waals surface area contributed by atoms with Crippen molar-refractivity contribution < 1.29 is 14.3 Å². The van der Waals surface area contributed by atoms with Crippen molar-refractivity contribution >= 4 is 23.4 Å². The van der Waals surface area contributed by atoms with E-state index >= 15 is 0 Å². The van der Waals surface area contributed by atoms with Gasteiger partial charge in [-0.15, -0.1) is 0 Å². The number of aromatic nitrogens is 1. The van der Waals surface area contributed by atoms with Crippen LogP contribution in [-0.2, 0) is 9.53 Å². The summed E-state index contributed by atoms with van der Waals surface area (Å²) in [6.45, 7) is 4.39. The molecule has 0 unspecified atom stereocenters. The minimum Gasteiger partial charge on any atom is -0.462 e. The molecule has 7 nitrogen and oxygen atoms in total. The summed E-state index contributed by atoms with van der Waals surface area (Å²) < 4.78 is 4.87. The van der Waals surface area contributed by atoms with Crippen molar-refractivity contribution in [2.45, 2.75) is 13.8 Å². The highest BCUT2D eigenvalue weighted by Gasteiger charge is 2.14. The molecular formula is C12H18N4O3.